The minimum absolute atomic E-state index is 0.111. The molecule has 1 saturated heterocycles. The van der Waals surface area contributed by atoms with E-state index in [9.17, 15) is 8.42 Å². The third-order valence-electron chi connectivity index (χ3n) is 6.29. The highest BCUT2D eigenvalue weighted by Gasteiger charge is 2.20. The molecule has 0 unspecified atom stereocenters. The fourth-order valence-corrected chi connectivity index (χ4v) is 5.15. The molecule has 4 rings (SSSR count). The van der Waals surface area contributed by atoms with Crippen molar-refractivity contribution in [2.75, 3.05) is 25.4 Å². The summed E-state index contributed by atoms with van der Waals surface area (Å²) in [6.07, 6.45) is 2.28. The standard InChI is InChI=1S/C27H30ClNO3S/c1-2-33(30,31)27-13-7-24(8-14-27)23-5-11-26(12-6-23)32-20-22-15-17-29(18-16-22)19-21-3-9-25(28)10-4-21/h3-14,22H,2,15-20H2,1H3. The molecule has 6 heteroatoms. The van der Waals surface area contributed by atoms with Crippen molar-refractivity contribution < 1.29 is 13.2 Å². The van der Waals surface area contributed by atoms with Gasteiger partial charge in [0.2, 0.25) is 0 Å². The molecule has 0 aliphatic carbocycles. The van der Waals surface area contributed by atoms with E-state index in [0.717, 1.165) is 61.0 Å². The van der Waals surface area contributed by atoms with Crippen LogP contribution in [0.25, 0.3) is 11.1 Å². The lowest BCUT2D eigenvalue weighted by Crippen LogP contribution is -2.35. The van der Waals surface area contributed by atoms with Gasteiger partial charge in [-0.25, -0.2) is 8.42 Å². The lowest BCUT2D eigenvalue weighted by Gasteiger charge is -2.31. The Morgan fingerprint density at radius 3 is 2.03 bits per heavy atom. The number of ether oxygens (including phenoxy) is 1. The maximum absolute atomic E-state index is 12.0. The van der Waals surface area contributed by atoms with E-state index < -0.39 is 9.84 Å². The lowest BCUT2D eigenvalue weighted by atomic mass is 9.97. The van der Waals surface area contributed by atoms with Gasteiger partial charge < -0.3 is 4.74 Å². The number of hydrogen-bond acceptors (Lipinski definition) is 4. The topological polar surface area (TPSA) is 46.6 Å². The van der Waals surface area contributed by atoms with E-state index in [-0.39, 0.29) is 5.75 Å². The van der Waals surface area contributed by atoms with Gasteiger partial charge in [-0.05, 0) is 84.9 Å². The number of rotatable bonds is 8. The third-order valence-corrected chi connectivity index (χ3v) is 8.30. The van der Waals surface area contributed by atoms with Crippen LogP contribution >= 0.6 is 11.6 Å². The van der Waals surface area contributed by atoms with Crippen LogP contribution in [-0.2, 0) is 16.4 Å². The fraction of sp³-hybridized carbons (Fsp3) is 0.333. The summed E-state index contributed by atoms with van der Waals surface area (Å²) in [5, 5.41) is 0.781. The predicted octanol–water partition coefficient (Wildman–Crippen LogP) is 6.09. The SMILES string of the molecule is CCS(=O)(=O)c1ccc(-c2ccc(OCC3CCN(Cc4ccc(Cl)cc4)CC3)cc2)cc1. The van der Waals surface area contributed by atoms with Gasteiger partial charge in [0.15, 0.2) is 9.84 Å². The summed E-state index contributed by atoms with van der Waals surface area (Å²) in [7, 11) is -3.17. The van der Waals surface area contributed by atoms with E-state index >= 15 is 0 Å². The Balaban J connectivity index is 1.25. The van der Waals surface area contributed by atoms with Crippen molar-refractivity contribution in [2.45, 2.75) is 31.2 Å². The third kappa shape index (κ3) is 6.38. The molecule has 0 aromatic heterocycles. The van der Waals surface area contributed by atoms with Crippen LogP contribution in [-0.4, -0.2) is 38.8 Å². The molecule has 33 heavy (non-hydrogen) atoms. The second kappa shape index (κ2) is 10.7. The Morgan fingerprint density at radius 1 is 0.879 bits per heavy atom. The van der Waals surface area contributed by atoms with E-state index in [4.69, 9.17) is 16.3 Å². The van der Waals surface area contributed by atoms with Crippen LogP contribution in [0, 0.1) is 5.92 Å². The molecule has 0 radical (unpaired) electrons. The van der Waals surface area contributed by atoms with Gasteiger partial charge in [0.05, 0.1) is 17.3 Å². The highest BCUT2D eigenvalue weighted by Crippen LogP contribution is 2.26. The Morgan fingerprint density at radius 2 is 1.45 bits per heavy atom. The minimum Gasteiger partial charge on any atom is -0.493 e. The van der Waals surface area contributed by atoms with Crippen molar-refractivity contribution in [3.63, 3.8) is 0 Å². The molecule has 4 nitrogen and oxygen atoms in total. The zero-order valence-corrected chi connectivity index (χ0v) is 20.5. The molecule has 1 aliphatic rings. The molecule has 0 amide bonds. The summed E-state index contributed by atoms with van der Waals surface area (Å²) in [6.45, 7) is 5.53. The van der Waals surface area contributed by atoms with Crippen LogP contribution in [0.1, 0.15) is 25.3 Å². The van der Waals surface area contributed by atoms with Crippen LogP contribution in [0.3, 0.4) is 0 Å². The van der Waals surface area contributed by atoms with Crippen molar-refractivity contribution in [1.29, 1.82) is 0 Å². The summed E-state index contributed by atoms with van der Waals surface area (Å²) < 4.78 is 30.0. The highest BCUT2D eigenvalue weighted by atomic mass is 35.5. The van der Waals surface area contributed by atoms with Gasteiger partial charge in [0.25, 0.3) is 0 Å². The smallest absolute Gasteiger partial charge is 0.178 e. The molecule has 1 aliphatic heterocycles. The Labute approximate surface area is 202 Å². The van der Waals surface area contributed by atoms with Gasteiger partial charge >= 0.3 is 0 Å². The summed E-state index contributed by atoms with van der Waals surface area (Å²) in [6, 6.07) is 23.2. The van der Waals surface area contributed by atoms with Gasteiger partial charge in [-0.1, -0.05) is 54.9 Å². The van der Waals surface area contributed by atoms with Crippen LogP contribution in [0.15, 0.2) is 77.7 Å². The molecule has 0 atom stereocenters. The quantitative estimate of drug-likeness (QED) is 0.389. The largest absolute Gasteiger partial charge is 0.493 e. The minimum atomic E-state index is -3.17. The fourth-order valence-electron chi connectivity index (χ4n) is 4.14. The van der Waals surface area contributed by atoms with E-state index in [0.29, 0.717) is 10.8 Å². The van der Waals surface area contributed by atoms with E-state index in [1.807, 2.05) is 48.5 Å². The Bertz CT molecular complexity index is 1140. The van der Waals surface area contributed by atoms with Crippen molar-refractivity contribution >= 4 is 21.4 Å². The van der Waals surface area contributed by atoms with Crippen LogP contribution in [0.5, 0.6) is 5.75 Å². The zero-order valence-electron chi connectivity index (χ0n) is 18.9. The molecule has 0 spiro atoms. The van der Waals surface area contributed by atoms with E-state index in [1.54, 1.807) is 19.1 Å². The summed E-state index contributed by atoms with van der Waals surface area (Å²) >= 11 is 5.98. The van der Waals surface area contributed by atoms with Gasteiger partial charge in [-0.3, -0.25) is 4.90 Å². The molecule has 3 aromatic carbocycles. The molecular weight excluding hydrogens is 454 g/mol. The molecular formula is C27H30ClNO3S. The van der Waals surface area contributed by atoms with Gasteiger partial charge in [0.1, 0.15) is 5.75 Å². The highest BCUT2D eigenvalue weighted by molar-refractivity contribution is 7.91. The van der Waals surface area contributed by atoms with E-state index in [2.05, 4.69) is 17.0 Å². The molecule has 1 fully saturated rings. The van der Waals surface area contributed by atoms with Crippen molar-refractivity contribution in [1.82, 2.24) is 4.90 Å². The van der Waals surface area contributed by atoms with Crippen LogP contribution in [0.2, 0.25) is 5.02 Å². The number of piperidine rings is 1. The molecule has 0 saturated carbocycles. The maximum Gasteiger partial charge on any atom is 0.178 e. The van der Waals surface area contributed by atoms with Gasteiger partial charge in [0, 0.05) is 11.6 Å². The number of hydrogen-bond donors (Lipinski definition) is 0. The van der Waals surface area contributed by atoms with E-state index in [1.165, 1.54) is 5.56 Å². The monoisotopic (exact) mass is 483 g/mol. The van der Waals surface area contributed by atoms with Crippen LogP contribution < -0.4 is 4.74 Å². The summed E-state index contributed by atoms with van der Waals surface area (Å²) in [5.41, 5.74) is 3.33. The van der Waals surface area contributed by atoms with Crippen molar-refractivity contribution in [3.8, 4) is 16.9 Å². The first-order valence-corrected chi connectivity index (χ1v) is 13.5. The first-order chi connectivity index (χ1) is 15.9. The molecule has 1 heterocycles. The number of nitrogens with zero attached hydrogens (tertiary/aromatic N) is 1. The van der Waals surface area contributed by atoms with Crippen molar-refractivity contribution in [2.24, 2.45) is 5.92 Å². The molecule has 3 aromatic rings. The van der Waals surface area contributed by atoms with Crippen molar-refractivity contribution in [3.05, 3.63) is 83.4 Å². The molecule has 0 N–H and O–H groups in total. The maximum atomic E-state index is 12.0. The normalized spacial score (nSPS) is 15.5. The Kier molecular flexibility index (Phi) is 7.74. The molecule has 0 bridgehead atoms. The first-order valence-electron chi connectivity index (χ1n) is 11.5. The average molecular weight is 484 g/mol. The summed E-state index contributed by atoms with van der Waals surface area (Å²) in [5.74, 6) is 1.55. The zero-order chi connectivity index (χ0) is 23.3. The Hall–Kier alpha value is -2.34. The second-order valence-electron chi connectivity index (χ2n) is 8.61. The number of halogens is 1. The second-order valence-corrected chi connectivity index (χ2v) is 11.3. The van der Waals surface area contributed by atoms with Gasteiger partial charge in [-0.15, -0.1) is 0 Å². The molecule has 174 valence electrons. The lowest BCUT2D eigenvalue weighted by molar-refractivity contribution is 0.137. The predicted molar refractivity (Wildman–Crippen MR) is 135 cm³/mol. The first kappa shape index (κ1) is 23.8. The number of benzene rings is 3. The van der Waals surface area contributed by atoms with Gasteiger partial charge in [-0.2, -0.15) is 0 Å². The number of sulfone groups is 1. The van der Waals surface area contributed by atoms with Crippen LogP contribution in [0.4, 0.5) is 0 Å². The average Bonchev–Trinajstić information content (AvgIpc) is 2.85. The summed E-state index contributed by atoms with van der Waals surface area (Å²) in [4.78, 5) is 2.86. The number of likely N-dealkylation sites (tertiary alicyclic amines) is 1.